The lowest BCUT2D eigenvalue weighted by atomic mass is 10.1. The number of nitrogens with one attached hydrogen (secondary N) is 4. The molecule has 1 aliphatic rings. The van der Waals surface area contributed by atoms with E-state index in [0.29, 0.717) is 12.1 Å². The van der Waals surface area contributed by atoms with Gasteiger partial charge in [0.05, 0.1) is 6.54 Å². The van der Waals surface area contributed by atoms with E-state index in [1.54, 1.807) is 0 Å². The van der Waals surface area contributed by atoms with Crippen LogP contribution in [0, 0.1) is 0 Å². The lowest BCUT2D eigenvalue weighted by Crippen LogP contribution is -2.26. The maximum atomic E-state index is 12.1. The molecule has 2 aromatic rings. The number of anilines is 2. The van der Waals surface area contributed by atoms with Crippen LogP contribution in [0.5, 0.6) is 0 Å². The van der Waals surface area contributed by atoms with Crippen LogP contribution < -0.4 is 21.3 Å². The molecular formula is C18H21N5O. The molecule has 0 aliphatic carbocycles. The van der Waals surface area contributed by atoms with Crippen LogP contribution in [0.25, 0.3) is 0 Å². The van der Waals surface area contributed by atoms with E-state index in [4.69, 9.17) is 0 Å². The summed E-state index contributed by atoms with van der Waals surface area (Å²) in [5.41, 5.74) is 3.65. The second-order valence-electron chi connectivity index (χ2n) is 5.49. The molecule has 1 aliphatic heterocycles. The summed E-state index contributed by atoms with van der Waals surface area (Å²) in [5, 5.41) is 12.3. The maximum Gasteiger partial charge on any atom is 0.251 e. The number of hydrogen-bond acceptors (Lipinski definition) is 5. The normalized spacial score (nSPS) is 13.0. The average Bonchev–Trinajstić information content (AvgIpc) is 3.14. The smallest absolute Gasteiger partial charge is 0.251 e. The third-order valence-corrected chi connectivity index (χ3v) is 3.78. The Hall–Kier alpha value is -3.02. The monoisotopic (exact) mass is 323 g/mol. The van der Waals surface area contributed by atoms with Crippen molar-refractivity contribution < 1.29 is 4.79 Å². The number of carbonyl (C=O) groups excluding carboxylic acids is 1. The second kappa shape index (κ2) is 7.50. The molecular weight excluding hydrogens is 302 g/mol. The molecule has 6 nitrogen and oxygen atoms in total. The van der Waals surface area contributed by atoms with Gasteiger partial charge < -0.3 is 21.3 Å². The van der Waals surface area contributed by atoms with Crippen LogP contribution in [0.1, 0.15) is 15.9 Å². The second-order valence-corrected chi connectivity index (χ2v) is 5.49. The molecule has 0 spiro atoms. The highest BCUT2D eigenvalue weighted by Crippen LogP contribution is 2.11. The van der Waals surface area contributed by atoms with Gasteiger partial charge in [-0.2, -0.15) is 0 Å². The van der Waals surface area contributed by atoms with Crippen LogP contribution in [-0.4, -0.2) is 32.0 Å². The number of guanidine groups is 1. The van der Waals surface area contributed by atoms with Crippen molar-refractivity contribution in [2.75, 3.05) is 30.8 Å². The molecule has 0 unspecified atom stereocenters. The van der Waals surface area contributed by atoms with E-state index in [1.165, 1.54) is 0 Å². The molecule has 3 rings (SSSR count). The lowest BCUT2D eigenvalue weighted by molar-refractivity contribution is 0.0951. The van der Waals surface area contributed by atoms with Crippen LogP contribution in [-0.2, 0) is 6.54 Å². The molecule has 4 N–H and O–H groups in total. The van der Waals surface area contributed by atoms with Crippen molar-refractivity contribution in [1.29, 1.82) is 0 Å². The van der Waals surface area contributed by atoms with Gasteiger partial charge in [0.2, 0.25) is 0 Å². The first-order valence-electron chi connectivity index (χ1n) is 7.95. The van der Waals surface area contributed by atoms with Gasteiger partial charge in [0.25, 0.3) is 5.91 Å². The summed E-state index contributed by atoms with van der Waals surface area (Å²) in [7, 11) is 1.85. The van der Waals surface area contributed by atoms with Gasteiger partial charge in [-0.05, 0) is 42.0 Å². The largest absolute Gasteiger partial charge is 0.388 e. The molecule has 1 heterocycles. The highest BCUT2D eigenvalue weighted by Gasteiger charge is 2.06. The molecule has 6 heteroatoms. The van der Waals surface area contributed by atoms with Crippen molar-refractivity contribution in [3.8, 4) is 0 Å². The number of hydrogen-bond donors (Lipinski definition) is 4. The Morgan fingerprint density at radius 1 is 1.08 bits per heavy atom. The number of benzene rings is 2. The zero-order valence-corrected chi connectivity index (χ0v) is 13.6. The van der Waals surface area contributed by atoms with Crippen LogP contribution >= 0.6 is 0 Å². The Balaban J connectivity index is 1.52. The summed E-state index contributed by atoms with van der Waals surface area (Å²) in [6.07, 6.45) is 0. The van der Waals surface area contributed by atoms with Crippen molar-refractivity contribution in [3.05, 3.63) is 59.7 Å². The molecule has 0 saturated carbocycles. The zero-order chi connectivity index (χ0) is 16.8. The fourth-order valence-corrected chi connectivity index (χ4v) is 2.40. The van der Waals surface area contributed by atoms with E-state index in [2.05, 4.69) is 26.3 Å². The molecule has 0 radical (unpaired) electrons. The zero-order valence-electron chi connectivity index (χ0n) is 13.6. The van der Waals surface area contributed by atoms with Crippen molar-refractivity contribution in [1.82, 2.24) is 10.6 Å². The van der Waals surface area contributed by atoms with E-state index in [1.807, 2.05) is 55.6 Å². The van der Waals surface area contributed by atoms with E-state index in [9.17, 15) is 4.79 Å². The van der Waals surface area contributed by atoms with Crippen LogP contribution in [0.4, 0.5) is 11.4 Å². The SMILES string of the molecule is CNc1ccc(C(=O)NCc2ccc(NC3=NCCN3)cc2)cc1. The van der Waals surface area contributed by atoms with Crippen LogP contribution in [0.15, 0.2) is 53.5 Å². The van der Waals surface area contributed by atoms with Crippen LogP contribution in [0.3, 0.4) is 0 Å². The number of amides is 1. The molecule has 24 heavy (non-hydrogen) atoms. The molecule has 1 amide bonds. The topological polar surface area (TPSA) is 77.6 Å². The summed E-state index contributed by atoms with van der Waals surface area (Å²) in [5.74, 6) is 0.727. The molecule has 0 bridgehead atoms. The molecule has 124 valence electrons. The predicted molar refractivity (Wildman–Crippen MR) is 97.5 cm³/mol. The lowest BCUT2D eigenvalue weighted by Gasteiger charge is -2.09. The van der Waals surface area contributed by atoms with Crippen molar-refractivity contribution >= 4 is 23.2 Å². The quantitative estimate of drug-likeness (QED) is 0.679. The standard InChI is InChI=1S/C18H21N5O/c1-19-15-8-4-14(5-9-15)17(24)22-12-13-2-6-16(7-3-13)23-18-20-10-11-21-18/h2-9,19H,10-12H2,1H3,(H,22,24)(H2,20,21,23). The van der Waals surface area contributed by atoms with Gasteiger partial charge >= 0.3 is 0 Å². The molecule has 0 atom stereocenters. The maximum absolute atomic E-state index is 12.1. The van der Waals surface area contributed by atoms with Gasteiger partial charge in [-0.15, -0.1) is 0 Å². The minimum Gasteiger partial charge on any atom is -0.388 e. The molecule has 0 fully saturated rings. The summed E-state index contributed by atoms with van der Waals surface area (Å²) < 4.78 is 0. The highest BCUT2D eigenvalue weighted by atomic mass is 16.1. The van der Waals surface area contributed by atoms with Gasteiger partial charge in [0.1, 0.15) is 0 Å². The summed E-state index contributed by atoms with van der Waals surface area (Å²) in [6.45, 7) is 2.18. The Morgan fingerprint density at radius 2 is 1.79 bits per heavy atom. The summed E-state index contributed by atoms with van der Waals surface area (Å²) >= 11 is 0. The first kappa shape index (κ1) is 15.9. The third kappa shape index (κ3) is 4.04. The van der Waals surface area contributed by atoms with Gasteiger partial charge in [-0.25, -0.2) is 0 Å². The minimum atomic E-state index is -0.0793. The Morgan fingerprint density at radius 3 is 2.42 bits per heavy atom. The summed E-state index contributed by atoms with van der Waals surface area (Å²) in [6, 6.07) is 15.3. The fourth-order valence-electron chi connectivity index (χ4n) is 2.40. The van der Waals surface area contributed by atoms with Crippen LogP contribution in [0.2, 0.25) is 0 Å². The first-order valence-corrected chi connectivity index (χ1v) is 7.95. The van der Waals surface area contributed by atoms with Gasteiger partial charge in [-0.3, -0.25) is 9.79 Å². The number of carbonyl (C=O) groups is 1. The van der Waals surface area contributed by atoms with Crippen molar-refractivity contribution in [2.24, 2.45) is 4.99 Å². The third-order valence-electron chi connectivity index (χ3n) is 3.78. The van der Waals surface area contributed by atoms with Gasteiger partial charge in [0.15, 0.2) is 5.96 Å². The van der Waals surface area contributed by atoms with Crippen molar-refractivity contribution in [3.63, 3.8) is 0 Å². The van der Waals surface area contributed by atoms with Gasteiger partial charge in [-0.1, -0.05) is 12.1 Å². The Labute approximate surface area is 141 Å². The van der Waals surface area contributed by atoms with E-state index in [-0.39, 0.29) is 5.91 Å². The molecule has 2 aromatic carbocycles. The molecule has 0 aromatic heterocycles. The van der Waals surface area contributed by atoms with E-state index < -0.39 is 0 Å². The molecule has 0 saturated heterocycles. The fraction of sp³-hybridized carbons (Fsp3) is 0.222. The minimum absolute atomic E-state index is 0.0793. The summed E-state index contributed by atoms with van der Waals surface area (Å²) in [4.78, 5) is 16.4. The van der Waals surface area contributed by atoms with Gasteiger partial charge in [0, 0.05) is 37.1 Å². The van der Waals surface area contributed by atoms with E-state index >= 15 is 0 Å². The Kier molecular flexibility index (Phi) is 4.96. The van der Waals surface area contributed by atoms with Crippen molar-refractivity contribution in [2.45, 2.75) is 6.54 Å². The highest BCUT2D eigenvalue weighted by molar-refractivity contribution is 5.95. The number of aliphatic imine (C=N–C) groups is 1. The first-order chi connectivity index (χ1) is 11.7. The average molecular weight is 323 g/mol. The Bertz CT molecular complexity index is 722. The predicted octanol–water partition coefficient (Wildman–Crippen LogP) is 2.03. The van der Waals surface area contributed by atoms with E-state index in [0.717, 1.165) is 36.0 Å². The number of nitrogens with zero attached hydrogens (tertiary/aromatic N) is 1. The number of rotatable bonds is 5.